The molecule has 9 nitrogen and oxygen atoms in total. The highest BCUT2D eigenvalue weighted by Crippen LogP contribution is 2.19. The summed E-state index contributed by atoms with van der Waals surface area (Å²) < 4.78 is 28.7. The van der Waals surface area contributed by atoms with E-state index in [2.05, 4.69) is 10.4 Å². The van der Waals surface area contributed by atoms with Gasteiger partial charge < -0.3 is 20.6 Å². The fraction of sp³-hybridized carbons (Fsp3) is 0.182. The van der Waals surface area contributed by atoms with E-state index in [-0.39, 0.29) is 11.4 Å². The minimum absolute atomic E-state index is 0.161. The van der Waals surface area contributed by atoms with Gasteiger partial charge in [-0.2, -0.15) is 5.10 Å². The van der Waals surface area contributed by atoms with Gasteiger partial charge in [-0.05, 0) is 30.2 Å². The van der Waals surface area contributed by atoms with E-state index in [0.717, 1.165) is 28.9 Å². The predicted molar refractivity (Wildman–Crippen MR) is 115 cm³/mol. The third kappa shape index (κ3) is 5.56. The second-order valence-corrected chi connectivity index (χ2v) is 7.64. The fourth-order valence-electron chi connectivity index (χ4n) is 3.21. The Morgan fingerprint density at radius 2 is 1.71 bits per heavy atom. The topological polar surface area (TPSA) is 142 Å². The zero-order valence-electron chi connectivity index (χ0n) is 17.3. The second kappa shape index (κ2) is 10.4. The van der Waals surface area contributed by atoms with Gasteiger partial charge in [0.2, 0.25) is 0 Å². The molecule has 0 aliphatic carbocycles. The van der Waals surface area contributed by atoms with E-state index in [1.807, 2.05) is 0 Å². The van der Waals surface area contributed by atoms with E-state index >= 15 is 0 Å². The summed E-state index contributed by atoms with van der Waals surface area (Å²) in [5.41, 5.74) is -1.01. The van der Waals surface area contributed by atoms with Gasteiger partial charge in [-0.25, -0.2) is 18.4 Å². The second-order valence-electron chi connectivity index (χ2n) is 7.24. The molecule has 0 saturated heterocycles. The van der Waals surface area contributed by atoms with Gasteiger partial charge in [-0.3, -0.25) is 9.48 Å². The third-order valence-electron chi connectivity index (χ3n) is 4.95. The Morgan fingerprint density at radius 3 is 2.29 bits per heavy atom. The summed E-state index contributed by atoms with van der Waals surface area (Å²) in [6, 6.07) is 9.04. The molecule has 3 aromatic rings. The van der Waals surface area contributed by atoms with Crippen LogP contribution in [0.25, 0.3) is 0 Å². The van der Waals surface area contributed by atoms with Crippen molar-refractivity contribution in [3.63, 3.8) is 0 Å². The predicted octanol–water partition coefficient (Wildman–Crippen LogP) is 2.35. The first-order valence-corrected chi connectivity index (χ1v) is 10.2. The smallest absolute Gasteiger partial charge is 0.354 e. The van der Waals surface area contributed by atoms with Crippen LogP contribution in [-0.2, 0) is 17.8 Å². The maximum absolute atomic E-state index is 14.0. The minimum atomic E-state index is -2.02. The highest BCUT2D eigenvalue weighted by molar-refractivity contribution is 6.31. The lowest BCUT2D eigenvalue weighted by atomic mass is 10.0. The van der Waals surface area contributed by atoms with Crippen LogP contribution >= 0.6 is 11.6 Å². The van der Waals surface area contributed by atoms with Crippen molar-refractivity contribution in [3.8, 4) is 0 Å². The maximum atomic E-state index is 14.0. The summed E-state index contributed by atoms with van der Waals surface area (Å²) >= 11 is 6.08. The molecule has 0 aliphatic rings. The molecule has 1 aromatic heterocycles. The number of hydrogen-bond acceptors (Lipinski definition) is 5. The van der Waals surface area contributed by atoms with E-state index in [0.29, 0.717) is 5.56 Å². The molecule has 0 fully saturated rings. The molecule has 34 heavy (non-hydrogen) atoms. The van der Waals surface area contributed by atoms with Crippen LogP contribution < -0.4 is 5.32 Å². The Kier molecular flexibility index (Phi) is 7.59. The van der Waals surface area contributed by atoms with Gasteiger partial charge in [-0.1, -0.05) is 35.9 Å². The molecular formula is C22H18ClF2N3O6. The monoisotopic (exact) mass is 493 g/mol. The maximum Gasteiger partial charge on any atom is 0.354 e. The molecule has 0 saturated carbocycles. The number of aliphatic hydroxyl groups excluding tert-OH is 1. The Hall–Kier alpha value is -3.83. The Labute approximate surface area is 196 Å². The first kappa shape index (κ1) is 24.8. The van der Waals surface area contributed by atoms with Crippen molar-refractivity contribution in [3.05, 3.63) is 87.7 Å². The molecule has 1 heterocycles. The van der Waals surface area contributed by atoms with Crippen LogP contribution in [-0.4, -0.2) is 55.1 Å². The Morgan fingerprint density at radius 1 is 1.06 bits per heavy atom. The number of nitrogens with zero attached hydrogens (tertiary/aromatic N) is 2. The lowest BCUT2D eigenvalue weighted by Crippen LogP contribution is -2.48. The zero-order chi connectivity index (χ0) is 25.0. The van der Waals surface area contributed by atoms with Crippen LogP contribution in [0.1, 0.15) is 32.1 Å². The normalized spacial score (nSPS) is 12.7. The average Bonchev–Trinajstić information content (AvgIpc) is 3.21. The van der Waals surface area contributed by atoms with Crippen molar-refractivity contribution >= 4 is 29.4 Å². The largest absolute Gasteiger partial charge is 0.479 e. The highest BCUT2D eigenvalue weighted by Gasteiger charge is 2.30. The molecule has 0 spiro atoms. The number of carboxylic acids is 2. The molecule has 1 amide bonds. The number of hydrogen-bond donors (Lipinski definition) is 4. The van der Waals surface area contributed by atoms with Crippen LogP contribution in [0.3, 0.4) is 0 Å². The molecule has 2 atom stereocenters. The molecule has 3 rings (SSSR count). The molecule has 0 radical (unpaired) electrons. The lowest BCUT2D eigenvalue weighted by molar-refractivity contribution is -0.148. The molecule has 0 aliphatic heterocycles. The van der Waals surface area contributed by atoms with Crippen LogP contribution in [0.15, 0.2) is 48.5 Å². The number of halogens is 3. The Bertz CT molecular complexity index is 1230. The van der Waals surface area contributed by atoms with Gasteiger partial charge in [0.25, 0.3) is 5.91 Å². The molecule has 0 unspecified atom stereocenters. The number of aliphatic hydroxyl groups is 1. The average molecular weight is 494 g/mol. The van der Waals surface area contributed by atoms with Crippen molar-refractivity contribution < 1.29 is 38.5 Å². The number of amides is 1. The van der Waals surface area contributed by atoms with Gasteiger partial charge in [0, 0.05) is 16.7 Å². The third-order valence-corrected chi connectivity index (χ3v) is 5.32. The standard InChI is InChI=1S/C22H18ClF2N3O6/c23-13-5-2-1-4-11(13)8-16(19(29)22(33)34)26-20(30)17-9-18(21(31)32)28(27-17)10-12-14(24)6-3-7-15(12)25/h1-7,9,16,19,29H,8,10H2,(H,26,30)(H,31,32)(H,33,34)/t16-,19-/m1/s1. The van der Waals surface area contributed by atoms with Crippen molar-refractivity contribution in [1.82, 2.24) is 15.1 Å². The molecule has 4 N–H and O–H groups in total. The number of carbonyl (C=O) groups excluding carboxylic acids is 1. The summed E-state index contributed by atoms with van der Waals surface area (Å²) in [7, 11) is 0. The summed E-state index contributed by atoms with van der Waals surface area (Å²) in [4.78, 5) is 35.7. The van der Waals surface area contributed by atoms with E-state index in [4.69, 9.17) is 11.6 Å². The molecular weight excluding hydrogens is 476 g/mol. The van der Waals surface area contributed by atoms with Crippen molar-refractivity contribution in [2.75, 3.05) is 0 Å². The van der Waals surface area contributed by atoms with Crippen LogP contribution in [0, 0.1) is 11.6 Å². The van der Waals surface area contributed by atoms with Crippen molar-refractivity contribution in [2.24, 2.45) is 0 Å². The van der Waals surface area contributed by atoms with Gasteiger partial charge in [0.15, 0.2) is 11.8 Å². The quantitative estimate of drug-likeness (QED) is 0.358. The highest BCUT2D eigenvalue weighted by atomic mass is 35.5. The summed E-state index contributed by atoms with van der Waals surface area (Å²) in [6.45, 7) is -0.617. The van der Waals surface area contributed by atoms with Gasteiger partial charge in [0.1, 0.15) is 17.3 Å². The number of rotatable bonds is 9. The molecule has 0 bridgehead atoms. The summed E-state index contributed by atoms with van der Waals surface area (Å²) in [5, 5.41) is 35.1. The van der Waals surface area contributed by atoms with Crippen molar-refractivity contribution in [2.45, 2.75) is 25.1 Å². The molecule has 2 aromatic carbocycles. The summed E-state index contributed by atoms with van der Waals surface area (Å²) in [6.07, 6.45) is -2.18. The first-order valence-electron chi connectivity index (χ1n) is 9.77. The van der Waals surface area contributed by atoms with Crippen LogP contribution in [0.4, 0.5) is 8.78 Å². The van der Waals surface area contributed by atoms with Gasteiger partial charge >= 0.3 is 11.9 Å². The number of carboxylic acid groups (broad SMARTS) is 2. The molecule has 178 valence electrons. The lowest BCUT2D eigenvalue weighted by Gasteiger charge is -2.21. The molecule has 12 heteroatoms. The fourth-order valence-corrected chi connectivity index (χ4v) is 3.42. The zero-order valence-corrected chi connectivity index (χ0v) is 18.0. The first-order chi connectivity index (χ1) is 16.1. The number of aromatic nitrogens is 2. The van der Waals surface area contributed by atoms with Gasteiger partial charge in [-0.15, -0.1) is 0 Å². The van der Waals surface area contributed by atoms with E-state index in [1.54, 1.807) is 24.3 Å². The Balaban J connectivity index is 1.89. The SMILES string of the molecule is O=C(N[C@H](Cc1ccccc1Cl)[C@@H](O)C(=O)O)c1cc(C(=O)O)n(Cc2c(F)cccc2F)n1. The summed E-state index contributed by atoms with van der Waals surface area (Å²) in [5.74, 6) is -5.98. The number of nitrogens with one attached hydrogen (secondary N) is 1. The number of aromatic carboxylic acids is 1. The van der Waals surface area contributed by atoms with E-state index in [1.165, 1.54) is 0 Å². The number of carbonyl (C=O) groups is 3. The number of benzene rings is 2. The van der Waals surface area contributed by atoms with Crippen LogP contribution in [0.5, 0.6) is 0 Å². The minimum Gasteiger partial charge on any atom is -0.479 e. The van der Waals surface area contributed by atoms with Crippen molar-refractivity contribution in [1.29, 1.82) is 0 Å². The van der Waals surface area contributed by atoms with Gasteiger partial charge in [0.05, 0.1) is 12.6 Å². The number of aliphatic carboxylic acids is 1. The van der Waals surface area contributed by atoms with E-state index < -0.39 is 65.1 Å². The van der Waals surface area contributed by atoms with Crippen LogP contribution in [0.2, 0.25) is 5.02 Å². The van der Waals surface area contributed by atoms with E-state index in [9.17, 15) is 38.5 Å².